The molecule has 0 aliphatic heterocycles. The zero-order valence-corrected chi connectivity index (χ0v) is 16.3. The SMILES string of the molecule is CN(C(=O)OCC(C)(O)Cn1cc([N+](=O)[O-])nc1Cl)c1ccc(OC(F)(F)F)cc1. The third-order valence-corrected chi connectivity index (χ3v) is 3.95. The van der Waals surface area contributed by atoms with Crippen molar-refractivity contribution in [1.29, 1.82) is 0 Å². The van der Waals surface area contributed by atoms with Crippen LogP contribution in [0.1, 0.15) is 6.92 Å². The molecule has 14 heteroatoms. The van der Waals surface area contributed by atoms with Crippen molar-refractivity contribution in [3.63, 3.8) is 0 Å². The second-order valence-electron chi connectivity index (χ2n) is 6.41. The molecule has 30 heavy (non-hydrogen) atoms. The predicted octanol–water partition coefficient (Wildman–Crippen LogP) is 3.37. The number of halogens is 4. The van der Waals surface area contributed by atoms with E-state index in [2.05, 4.69) is 9.72 Å². The number of nitrogens with zero attached hydrogens (tertiary/aromatic N) is 4. The molecule has 0 fully saturated rings. The molecule has 1 heterocycles. The van der Waals surface area contributed by atoms with Gasteiger partial charge in [-0.3, -0.25) is 9.47 Å². The second-order valence-corrected chi connectivity index (χ2v) is 6.74. The average molecular weight is 453 g/mol. The Kier molecular flexibility index (Phi) is 6.77. The number of imidazole rings is 1. The van der Waals surface area contributed by atoms with Gasteiger partial charge in [-0.25, -0.2) is 4.79 Å². The normalized spacial score (nSPS) is 13.4. The molecule has 0 radical (unpaired) electrons. The average Bonchev–Trinajstić information content (AvgIpc) is 2.99. The summed E-state index contributed by atoms with van der Waals surface area (Å²) in [5.74, 6) is -0.965. The van der Waals surface area contributed by atoms with Gasteiger partial charge in [-0.1, -0.05) is 0 Å². The molecule has 0 spiro atoms. The number of amides is 1. The van der Waals surface area contributed by atoms with Gasteiger partial charge < -0.3 is 24.7 Å². The summed E-state index contributed by atoms with van der Waals surface area (Å²) < 4.78 is 46.4. The van der Waals surface area contributed by atoms with Gasteiger partial charge in [-0.05, 0) is 52.7 Å². The fraction of sp³-hybridized carbons (Fsp3) is 0.375. The number of ether oxygens (including phenoxy) is 2. The Hall–Kier alpha value is -3.06. The van der Waals surface area contributed by atoms with Crippen LogP contribution in [0.3, 0.4) is 0 Å². The molecule has 2 aromatic rings. The van der Waals surface area contributed by atoms with Gasteiger partial charge in [0, 0.05) is 12.7 Å². The van der Waals surface area contributed by atoms with E-state index in [9.17, 15) is 33.2 Å². The largest absolute Gasteiger partial charge is 0.573 e. The van der Waals surface area contributed by atoms with Crippen molar-refractivity contribution in [2.75, 3.05) is 18.6 Å². The lowest BCUT2D eigenvalue weighted by Gasteiger charge is -2.25. The molecule has 0 aliphatic carbocycles. The van der Waals surface area contributed by atoms with Crippen molar-refractivity contribution < 1.29 is 37.5 Å². The maximum atomic E-state index is 12.2. The first kappa shape index (κ1) is 23.2. The number of aromatic nitrogens is 2. The number of alkyl halides is 3. The van der Waals surface area contributed by atoms with Gasteiger partial charge in [-0.15, -0.1) is 13.2 Å². The Bertz CT molecular complexity index is 917. The van der Waals surface area contributed by atoms with Crippen LogP contribution in [0.15, 0.2) is 30.5 Å². The Labute approximate surface area is 172 Å². The summed E-state index contributed by atoms with van der Waals surface area (Å²) in [7, 11) is 1.31. The molecule has 1 unspecified atom stereocenters. The van der Waals surface area contributed by atoms with E-state index in [4.69, 9.17) is 16.3 Å². The third kappa shape index (κ3) is 6.49. The maximum Gasteiger partial charge on any atom is 0.573 e. The molecule has 10 nitrogen and oxygen atoms in total. The Balaban J connectivity index is 1.95. The molecular formula is C16H16ClF3N4O6. The van der Waals surface area contributed by atoms with Crippen molar-refractivity contribution >= 4 is 29.2 Å². The van der Waals surface area contributed by atoms with Gasteiger partial charge in [0.2, 0.25) is 0 Å². The van der Waals surface area contributed by atoms with E-state index in [-0.39, 0.29) is 17.5 Å². The van der Waals surface area contributed by atoms with E-state index in [0.29, 0.717) is 0 Å². The zero-order chi connectivity index (χ0) is 22.7. The van der Waals surface area contributed by atoms with Crippen molar-refractivity contribution in [3.8, 4) is 5.75 Å². The molecule has 0 bridgehead atoms. The molecule has 0 saturated carbocycles. The molecule has 1 atom stereocenters. The standard InChI is InChI=1S/C16H16ClF3N4O6/c1-15(26,8-23-7-12(24(27)28)21-13(23)17)9-29-14(25)22(2)10-3-5-11(6-4-10)30-16(18,19)20/h3-7,26H,8-9H2,1-2H3. The van der Waals surface area contributed by atoms with E-state index in [1.807, 2.05) is 0 Å². The number of rotatable bonds is 7. The highest BCUT2D eigenvalue weighted by Gasteiger charge is 2.31. The van der Waals surface area contributed by atoms with Crippen LogP contribution in [0.25, 0.3) is 0 Å². The van der Waals surface area contributed by atoms with Crippen LogP contribution in [-0.2, 0) is 11.3 Å². The summed E-state index contributed by atoms with van der Waals surface area (Å²) in [6.07, 6.45) is -4.71. The summed E-state index contributed by atoms with van der Waals surface area (Å²) in [5, 5.41) is 20.9. The summed E-state index contributed by atoms with van der Waals surface area (Å²) in [5.41, 5.74) is -1.44. The summed E-state index contributed by atoms with van der Waals surface area (Å²) >= 11 is 5.78. The second kappa shape index (κ2) is 8.75. The van der Waals surface area contributed by atoms with Gasteiger partial charge in [0.05, 0.1) is 6.54 Å². The predicted molar refractivity (Wildman–Crippen MR) is 97.4 cm³/mol. The number of anilines is 1. The third-order valence-electron chi connectivity index (χ3n) is 3.65. The minimum Gasteiger partial charge on any atom is -0.446 e. The molecule has 164 valence electrons. The lowest BCUT2D eigenvalue weighted by atomic mass is 10.1. The summed E-state index contributed by atoms with van der Waals surface area (Å²) in [4.78, 5) is 26.6. The highest BCUT2D eigenvalue weighted by Crippen LogP contribution is 2.25. The molecule has 0 aliphatic rings. The number of nitro groups is 1. The van der Waals surface area contributed by atoms with Crippen molar-refractivity contribution in [2.45, 2.75) is 25.4 Å². The quantitative estimate of drug-likeness (QED) is 0.505. The van der Waals surface area contributed by atoms with Crippen LogP contribution in [-0.4, -0.2) is 51.3 Å². The number of carbonyl (C=O) groups is 1. The van der Waals surface area contributed by atoms with E-state index in [0.717, 1.165) is 27.8 Å². The number of hydrogen-bond acceptors (Lipinski definition) is 7. The lowest BCUT2D eigenvalue weighted by Crippen LogP contribution is -2.39. The van der Waals surface area contributed by atoms with Crippen LogP contribution in [0.4, 0.5) is 29.5 Å². The van der Waals surface area contributed by atoms with Gasteiger partial charge in [0.15, 0.2) is 0 Å². The van der Waals surface area contributed by atoms with Crippen LogP contribution in [0.2, 0.25) is 5.28 Å². The van der Waals surface area contributed by atoms with Crippen molar-refractivity contribution in [2.24, 2.45) is 0 Å². The Morgan fingerprint density at radius 2 is 1.97 bits per heavy atom. The molecule has 0 saturated heterocycles. The molecular weight excluding hydrogens is 437 g/mol. The first-order chi connectivity index (χ1) is 13.8. The number of benzene rings is 1. The zero-order valence-electron chi connectivity index (χ0n) is 15.6. The van der Waals surface area contributed by atoms with E-state index in [1.165, 1.54) is 26.1 Å². The molecule has 1 aromatic heterocycles. The van der Waals surface area contributed by atoms with Crippen molar-refractivity contribution in [3.05, 3.63) is 45.9 Å². The number of aliphatic hydroxyl groups is 1. The topological polar surface area (TPSA) is 120 Å². The minimum atomic E-state index is -4.84. The molecule has 1 amide bonds. The van der Waals surface area contributed by atoms with Crippen molar-refractivity contribution in [1.82, 2.24) is 9.55 Å². The van der Waals surface area contributed by atoms with Gasteiger partial charge >= 0.3 is 23.6 Å². The minimum absolute atomic E-state index is 0.211. The number of hydrogen-bond donors (Lipinski definition) is 1. The highest BCUT2D eigenvalue weighted by molar-refractivity contribution is 6.28. The van der Waals surface area contributed by atoms with Crippen LogP contribution >= 0.6 is 11.6 Å². The fourth-order valence-corrected chi connectivity index (χ4v) is 2.48. The monoisotopic (exact) mass is 452 g/mol. The van der Waals surface area contributed by atoms with Crippen LogP contribution in [0, 0.1) is 10.1 Å². The molecule has 1 aromatic carbocycles. The smallest absolute Gasteiger partial charge is 0.446 e. The fourth-order valence-electron chi connectivity index (χ4n) is 2.28. The Morgan fingerprint density at radius 1 is 1.37 bits per heavy atom. The maximum absolute atomic E-state index is 12.2. The van der Waals surface area contributed by atoms with Gasteiger partial charge in [-0.2, -0.15) is 0 Å². The van der Waals surface area contributed by atoms with Gasteiger partial charge in [0.1, 0.15) is 24.2 Å². The first-order valence-corrected chi connectivity index (χ1v) is 8.51. The van der Waals surface area contributed by atoms with E-state index < -0.39 is 41.2 Å². The highest BCUT2D eigenvalue weighted by atomic mass is 35.5. The van der Waals surface area contributed by atoms with Crippen LogP contribution in [0.5, 0.6) is 5.75 Å². The van der Waals surface area contributed by atoms with E-state index in [1.54, 1.807) is 0 Å². The van der Waals surface area contributed by atoms with Crippen LogP contribution < -0.4 is 9.64 Å². The van der Waals surface area contributed by atoms with E-state index >= 15 is 0 Å². The molecule has 1 N–H and O–H groups in total. The Morgan fingerprint density at radius 3 is 2.47 bits per heavy atom. The number of carbonyl (C=O) groups excluding carboxylic acids is 1. The molecule has 2 rings (SSSR count). The first-order valence-electron chi connectivity index (χ1n) is 8.13. The summed E-state index contributed by atoms with van der Waals surface area (Å²) in [6, 6.07) is 4.48. The lowest BCUT2D eigenvalue weighted by molar-refractivity contribution is -0.389. The van der Waals surface area contributed by atoms with Gasteiger partial charge in [0.25, 0.3) is 0 Å². The summed E-state index contributed by atoms with van der Waals surface area (Å²) in [6.45, 7) is 0.548.